The summed E-state index contributed by atoms with van der Waals surface area (Å²) in [6.07, 6.45) is 0. The molecule has 5 aromatic rings. The fraction of sp³-hybridized carbons (Fsp3) is 0.320. The third kappa shape index (κ3) is 9.48. The van der Waals surface area contributed by atoms with Crippen LogP contribution in [0, 0.1) is 0 Å². The average Bonchev–Trinajstić information content (AvgIpc) is 3.31. The lowest BCUT2D eigenvalue weighted by molar-refractivity contribution is 0.00483. The largest absolute Gasteiger partial charge is 0.490 e. The van der Waals surface area contributed by atoms with Crippen LogP contribution in [0.3, 0.4) is 0 Å². The van der Waals surface area contributed by atoms with Gasteiger partial charge in [0, 0.05) is 22.3 Å². The minimum atomic E-state index is -0.244. The van der Waals surface area contributed by atoms with Gasteiger partial charge in [-0.1, -0.05) is 60.7 Å². The Morgan fingerprint density at radius 3 is 0.812 bits per heavy atom. The minimum absolute atomic E-state index is 0.215. The third-order valence-corrected chi connectivity index (χ3v) is 10.8. The van der Waals surface area contributed by atoms with Crippen LogP contribution < -0.4 is 18.9 Å². The van der Waals surface area contributed by atoms with Crippen molar-refractivity contribution in [2.45, 2.75) is 0 Å². The van der Waals surface area contributed by atoms with E-state index in [4.69, 9.17) is 57.4 Å². The number of carbonyl (C=O) groups excluding carboxylic acids is 2. The van der Waals surface area contributed by atoms with Gasteiger partial charge >= 0.3 is 0 Å². The summed E-state index contributed by atoms with van der Waals surface area (Å²) in [5.74, 6) is 1.12. The SMILES string of the molecule is O=C1c2c3cccc2C(=Nc2ccccc2N=C2c4cccc5c4C(=O)c4c(cccc42)OCCOCCOCCOCCO5)c2cccc(c21)OCCOCCOCCOCCO3. The molecular formula is C50H48N2O12. The van der Waals surface area contributed by atoms with E-state index in [2.05, 4.69) is 0 Å². The van der Waals surface area contributed by atoms with Gasteiger partial charge < -0.3 is 47.4 Å². The quantitative estimate of drug-likeness (QED) is 0.181. The molecule has 2 heterocycles. The van der Waals surface area contributed by atoms with Crippen LogP contribution in [0.4, 0.5) is 11.4 Å². The first-order valence-electron chi connectivity index (χ1n) is 21.5. The van der Waals surface area contributed by atoms with E-state index in [1.807, 2.05) is 72.8 Å². The molecule has 4 bridgehead atoms. The van der Waals surface area contributed by atoms with Crippen molar-refractivity contribution >= 4 is 34.4 Å². The number of ether oxygens (including phenoxy) is 10. The Bertz CT molecular complexity index is 2240. The molecule has 0 spiro atoms. The zero-order valence-corrected chi connectivity index (χ0v) is 35.3. The van der Waals surface area contributed by atoms with Gasteiger partial charge in [0.05, 0.1) is 124 Å². The van der Waals surface area contributed by atoms with Gasteiger partial charge in [-0.2, -0.15) is 0 Å². The second-order valence-corrected chi connectivity index (χ2v) is 14.9. The molecule has 0 saturated carbocycles. The van der Waals surface area contributed by atoms with E-state index in [9.17, 15) is 9.59 Å². The molecule has 4 aliphatic rings. The van der Waals surface area contributed by atoms with Crippen LogP contribution in [0.5, 0.6) is 23.0 Å². The van der Waals surface area contributed by atoms with Gasteiger partial charge in [-0.3, -0.25) is 9.59 Å². The number of nitrogens with zero attached hydrogens (tertiary/aromatic N) is 2. The first-order chi connectivity index (χ1) is 31.7. The fourth-order valence-corrected chi connectivity index (χ4v) is 7.93. The number of benzene rings is 5. The van der Waals surface area contributed by atoms with Crippen molar-refractivity contribution < 1.29 is 57.0 Å². The Labute approximate surface area is 370 Å². The third-order valence-electron chi connectivity index (χ3n) is 10.8. The molecule has 0 N–H and O–H groups in total. The molecule has 14 heteroatoms. The molecule has 0 amide bonds. The number of aliphatic imine (C=N–C) groups is 2. The predicted octanol–water partition coefficient (Wildman–Crippen LogP) is 6.76. The second-order valence-electron chi connectivity index (χ2n) is 14.9. The van der Waals surface area contributed by atoms with Crippen molar-refractivity contribution in [1.29, 1.82) is 0 Å². The lowest BCUT2D eigenvalue weighted by atomic mass is 9.82. The van der Waals surface area contributed by atoms with Gasteiger partial charge in [0.15, 0.2) is 0 Å². The van der Waals surface area contributed by atoms with Crippen molar-refractivity contribution in [3.63, 3.8) is 0 Å². The smallest absolute Gasteiger partial charge is 0.201 e. The molecule has 64 heavy (non-hydrogen) atoms. The monoisotopic (exact) mass is 868 g/mol. The Kier molecular flexibility index (Phi) is 14.1. The summed E-state index contributed by atoms with van der Waals surface area (Å²) < 4.78 is 59.1. The Hall–Kier alpha value is -6.26. The van der Waals surface area contributed by atoms with E-state index in [0.717, 1.165) is 0 Å². The summed E-state index contributed by atoms with van der Waals surface area (Å²) in [6.45, 7) is 5.34. The number of ketones is 2. The maximum atomic E-state index is 14.7. The molecule has 0 radical (unpaired) electrons. The maximum absolute atomic E-state index is 14.7. The number of carbonyl (C=O) groups is 2. The van der Waals surface area contributed by atoms with Crippen molar-refractivity contribution in [1.82, 2.24) is 0 Å². The first kappa shape index (κ1) is 43.0. The van der Waals surface area contributed by atoms with Crippen molar-refractivity contribution in [3.8, 4) is 23.0 Å². The molecule has 0 saturated heterocycles. The Morgan fingerprint density at radius 2 is 0.547 bits per heavy atom. The van der Waals surface area contributed by atoms with Gasteiger partial charge in [0.2, 0.25) is 11.6 Å². The standard InChI is InChI=1S/C50H48N2O12/c53-49-43-33-7-3-13-39(43)61-29-25-57-21-17-55-18-22-58-26-30-62-40-14-4-8-34(44(40)49)47(33)51-37-11-1-2-12-38(37)52-48-35-9-5-15-41-45(35)50(54)46-36(48)10-6-16-42(46)64-32-28-60-24-20-56-19-23-59-27-31-63-41/h1-16H,17-32H2. The normalized spacial score (nSPS) is 17.8. The second kappa shape index (κ2) is 20.9. The highest BCUT2D eigenvalue weighted by Gasteiger charge is 2.36. The molecular weight excluding hydrogens is 821 g/mol. The fourth-order valence-electron chi connectivity index (χ4n) is 7.93. The first-order valence-corrected chi connectivity index (χ1v) is 21.5. The molecule has 14 nitrogen and oxygen atoms in total. The number of rotatable bonds is 2. The zero-order valence-electron chi connectivity index (χ0n) is 35.3. The lowest BCUT2D eigenvalue weighted by Gasteiger charge is -2.25. The minimum Gasteiger partial charge on any atom is -0.490 e. The highest BCUT2D eigenvalue weighted by molar-refractivity contribution is 6.33. The summed E-state index contributed by atoms with van der Waals surface area (Å²) >= 11 is 0. The number of hydrogen-bond donors (Lipinski definition) is 0. The van der Waals surface area contributed by atoms with Crippen molar-refractivity contribution in [2.24, 2.45) is 9.98 Å². The summed E-state index contributed by atoms with van der Waals surface area (Å²) in [7, 11) is 0. The highest BCUT2D eigenvalue weighted by Crippen LogP contribution is 2.42. The van der Waals surface area contributed by atoms with Gasteiger partial charge in [0.25, 0.3) is 0 Å². The molecule has 5 aromatic carbocycles. The molecule has 9 rings (SSSR count). The predicted molar refractivity (Wildman–Crippen MR) is 237 cm³/mol. The maximum Gasteiger partial charge on any atom is 0.201 e. The van der Waals surface area contributed by atoms with Crippen LogP contribution in [-0.2, 0) is 28.4 Å². The van der Waals surface area contributed by atoms with E-state index >= 15 is 0 Å². The van der Waals surface area contributed by atoms with E-state index in [1.165, 1.54) is 0 Å². The molecule has 0 atom stereocenters. The van der Waals surface area contributed by atoms with E-state index in [0.29, 0.717) is 170 Å². The van der Waals surface area contributed by atoms with Crippen molar-refractivity contribution in [2.75, 3.05) is 106 Å². The summed E-state index contributed by atoms with van der Waals surface area (Å²) in [6, 6.07) is 29.5. The van der Waals surface area contributed by atoms with Gasteiger partial charge in [-0.25, -0.2) is 9.98 Å². The summed E-state index contributed by atoms with van der Waals surface area (Å²) in [4.78, 5) is 40.0. The average molecular weight is 869 g/mol. The number of para-hydroxylation sites is 2. The van der Waals surface area contributed by atoms with Crippen LogP contribution in [0.1, 0.15) is 54.1 Å². The highest BCUT2D eigenvalue weighted by atomic mass is 16.6. The molecule has 330 valence electrons. The number of hydrogen-bond acceptors (Lipinski definition) is 14. The van der Waals surface area contributed by atoms with E-state index < -0.39 is 0 Å². The Morgan fingerprint density at radius 1 is 0.297 bits per heavy atom. The lowest BCUT2D eigenvalue weighted by Crippen LogP contribution is -2.25. The van der Waals surface area contributed by atoms with Crippen LogP contribution in [0.15, 0.2) is 107 Å². The van der Waals surface area contributed by atoms with Crippen LogP contribution in [-0.4, -0.2) is 129 Å². The molecule has 2 aliphatic heterocycles. The van der Waals surface area contributed by atoms with Gasteiger partial charge in [0.1, 0.15) is 49.4 Å². The molecule has 0 unspecified atom stereocenters. The van der Waals surface area contributed by atoms with Crippen LogP contribution in [0.2, 0.25) is 0 Å². The van der Waals surface area contributed by atoms with Crippen molar-refractivity contribution in [3.05, 3.63) is 142 Å². The summed E-state index contributed by atoms with van der Waals surface area (Å²) in [5.41, 5.74) is 5.95. The zero-order chi connectivity index (χ0) is 43.5. The van der Waals surface area contributed by atoms with E-state index in [-0.39, 0.29) is 38.0 Å². The van der Waals surface area contributed by atoms with E-state index in [1.54, 1.807) is 24.3 Å². The summed E-state index contributed by atoms with van der Waals surface area (Å²) in [5, 5.41) is 0. The van der Waals surface area contributed by atoms with Crippen LogP contribution >= 0.6 is 0 Å². The molecule has 2 aliphatic carbocycles. The Balaban J connectivity index is 1.17. The van der Waals surface area contributed by atoms with Gasteiger partial charge in [-0.15, -0.1) is 0 Å². The topological polar surface area (TPSA) is 151 Å². The van der Waals surface area contributed by atoms with Crippen LogP contribution in [0.25, 0.3) is 0 Å². The molecule has 0 aromatic heterocycles. The van der Waals surface area contributed by atoms with Gasteiger partial charge in [-0.05, 0) is 36.4 Å². The molecule has 0 fully saturated rings.